The number of hydrogen-bond acceptors (Lipinski definition) is 8. The van der Waals surface area contributed by atoms with Crippen molar-refractivity contribution in [1.82, 2.24) is 0 Å². The first-order valence-electron chi connectivity index (χ1n) is 9.08. The second-order valence-electron chi connectivity index (χ2n) is 6.25. The largest absolute Gasteiger partial charge is 0.454 e. The van der Waals surface area contributed by atoms with Crippen LogP contribution in [0, 0.1) is 0 Å². The van der Waals surface area contributed by atoms with Gasteiger partial charge in [-0.3, -0.25) is 4.79 Å². The van der Waals surface area contributed by atoms with Gasteiger partial charge in [-0.15, -0.1) is 0 Å². The molecule has 0 fully saturated rings. The molecule has 2 aromatic carbocycles. The highest BCUT2D eigenvalue weighted by molar-refractivity contribution is 6.32. The molecule has 170 valence electrons. The average molecular weight is 471 g/mol. The Morgan fingerprint density at radius 3 is 2.69 bits per heavy atom. The quantitative estimate of drug-likeness (QED) is 0.339. The van der Waals surface area contributed by atoms with Gasteiger partial charge in [0.15, 0.2) is 18.1 Å². The van der Waals surface area contributed by atoms with Crippen molar-refractivity contribution in [2.75, 3.05) is 25.3 Å². The molecule has 0 saturated heterocycles. The first kappa shape index (κ1) is 23.1. The van der Waals surface area contributed by atoms with E-state index >= 15 is 0 Å². The molecule has 0 atom stereocenters. The molecule has 1 aliphatic rings. The SMILES string of the molecule is C/C(=N\OCC(=O)OCC(=O)Nc1ccc(OC(F)F)c(Cl)c1)c1ccc2c(c1)OCO2. The van der Waals surface area contributed by atoms with Crippen LogP contribution in [0.1, 0.15) is 12.5 Å². The zero-order valence-electron chi connectivity index (χ0n) is 16.6. The van der Waals surface area contributed by atoms with E-state index in [0.717, 1.165) is 0 Å². The average Bonchev–Trinajstić information content (AvgIpc) is 3.22. The zero-order valence-corrected chi connectivity index (χ0v) is 17.4. The summed E-state index contributed by atoms with van der Waals surface area (Å²) < 4.78 is 44.0. The third-order valence-electron chi connectivity index (χ3n) is 3.97. The number of rotatable bonds is 9. The Kier molecular flexibility index (Phi) is 7.66. The number of ether oxygens (including phenoxy) is 4. The van der Waals surface area contributed by atoms with Crippen LogP contribution < -0.4 is 19.5 Å². The van der Waals surface area contributed by atoms with Gasteiger partial charge in [-0.1, -0.05) is 16.8 Å². The van der Waals surface area contributed by atoms with Crippen LogP contribution >= 0.6 is 11.6 Å². The molecule has 1 aliphatic heterocycles. The van der Waals surface area contributed by atoms with Crippen molar-refractivity contribution < 1.29 is 42.2 Å². The van der Waals surface area contributed by atoms with Crippen molar-refractivity contribution in [1.29, 1.82) is 0 Å². The molecule has 0 saturated carbocycles. The lowest BCUT2D eigenvalue weighted by atomic mass is 10.1. The normalized spacial score (nSPS) is 12.5. The summed E-state index contributed by atoms with van der Waals surface area (Å²) in [4.78, 5) is 28.6. The van der Waals surface area contributed by atoms with Crippen LogP contribution in [0.3, 0.4) is 0 Å². The molecule has 1 heterocycles. The number of carbonyl (C=O) groups excluding carboxylic acids is 2. The van der Waals surface area contributed by atoms with Crippen molar-refractivity contribution in [3.05, 3.63) is 47.0 Å². The summed E-state index contributed by atoms with van der Waals surface area (Å²) in [7, 11) is 0. The van der Waals surface area contributed by atoms with Crippen LogP contribution in [0.25, 0.3) is 0 Å². The van der Waals surface area contributed by atoms with E-state index in [2.05, 4.69) is 15.2 Å². The number of carbonyl (C=O) groups is 2. The number of halogens is 3. The molecule has 1 amide bonds. The number of nitrogens with zero attached hydrogens (tertiary/aromatic N) is 1. The lowest BCUT2D eigenvalue weighted by Crippen LogP contribution is -2.22. The molecule has 2 aromatic rings. The minimum absolute atomic E-state index is 0.121. The van der Waals surface area contributed by atoms with E-state index in [-0.39, 0.29) is 23.3 Å². The molecule has 3 rings (SSSR count). The highest BCUT2D eigenvalue weighted by atomic mass is 35.5. The molecule has 12 heteroatoms. The van der Waals surface area contributed by atoms with Crippen LogP contribution in [-0.2, 0) is 19.2 Å². The number of oxime groups is 1. The maximum Gasteiger partial charge on any atom is 0.387 e. The minimum atomic E-state index is -3.03. The number of nitrogens with one attached hydrogen (secondary N) is 1. The molecule has 0 unspecified atom stereocenters. The van der Waals surface area contributed by atoms with Crippen LogP contribution in [0.4, 0.5) is 14.5 Å². The van der Waals surface area contributed by atoms with Gasteiger partial charge in [0.05, 0.1) is 10.7 Å². The maximum absolute atomic E-state index is 12.2. The third kappa shape index (κ3) is 6.45. The standard InChI is InChI=1S/C20H17ClF2N2O7/c1-11(12-2-4-16-17(6-12)30-10-29-16)25-31-9-19(27)28-8-18(26)24-13-3-5-15(14(21)7-13)32-20(22)23/h2-7,20H,8-10H2,1H3,(H,24,26)/b25-11+. The van der Waals surface area contributed by atoms with Crippen molar-refractivity contribution in [2.24, 2.45) is 5.16 Å². The van der Waals surface area contributed by atoms with Crippen molar-refractivity contribution in [3.8, 4) is 17.2 Å². The number of amides is 1. The number of alkyl halides is 2. The third-order valence-corrected chi connectivity index (χ3v) is 4.27. The van der Waals surface area contributed by atoms with Gasteiger partial charge in [-0.2, -0.15) is 8.78 Å². The van der Waals surface area contributed by atoms with Gasteiger partial charge in [-0.05, 0) is 43.3 Å². The number of esters is 1. The van der Waals surface area contributed by atoms with Gasteiger partial charge in [0.2, 0.25) is 13.4 Å². The summed E-state index contributed by atoms with van der Waals surface area (Å²) in [6, 6.07) is 8.92. The predicted molar refractivity (Wildman–Crippen MR) is 108 cm³/mol. The van der Waals surface area contributed by atoms with Gasteiger partial charge >= 0.3 is 12.6 Å². The summed E-state index contributed by atoms with van der Waals surface area (Å²) >= 11 is 5.80. The van der Waals surface area contributed by atoms with E-state index in [0.29, 0.717) is 22.8 Å². The number of hydrogen-bond donors (Lipinski definition) is 1. The Morgan fingerprint density at radius 2 is 1.94 bits per heavy atom. The highest BCUT2D eigenvalue weighted by Gasteiger charge is 2.15. The van der Waals surface area contributed by atoms with E-state index in [4.69, 9.17) is 30.6 Å². The summed E-state index contributed by atoms with van der Waals surface area (Å²) in [6.45, 7) is -2.31. The van der Waals surface area contributed by atoms with E-state index < -0.39 is 31.7 Å². The van der Waals surface area contributed by atoms with Crippen molar-refractivity contribution in [2.45, 2.75) is 13.5 Å². The number of benzene rings is 2. The van der Waals surface area contributed by atoms with E-state index in [9.17, 15) is 18.4 Å². The summed E-state index contributed by atoms with van der Waals surface area (Å²) in [5.41, 5.74) is 1.41. The van der Waals surface area contributed by atoms with Crippen LogP contribution in [0.2, 0.25) is 5.02 Å². The Balaban J connectivity index is 1.41. The topological polar surface area (TPSA) is 105 Å². The summed E-state index contributed by atoms with van der Waals surface area (Å²) in [6.07, 6.45) is 0. The molecule has 0 aliphatic carbocycles. The van der Waals surface area contributed by atoms with Crippen molar-refractivity contribution >= 4 is 34.9 Å². The number of anilines is 1. The summed E-state index contributed by atoms with van der Waals surface area (Å²) in [5.74, 6) is -0.512. The minimum Gasteiger partial charge on any atom is -0.454 e. The van der Waals surface area contributed by atoms with Gasteiger partial charge in [0.1, 0.15) is 5.75 Å². The van der Waals surface area contributed by atoms with Gasteiger partial charge < -0.3 is 29.1 Å². The summed E-state index contributed by atoms with van der Waals surface area (Å²) in [5, 5.41) is 6.11. The fourth-order valence-electron chi connectivity index (χ4n) is 2.51. The Hall–Kier alpha value is -3.60. The molecule has 32 heavy (non-hydrogen) atoms. The molecule has 0 spiro atoms. The second-order valence-corrected chi connectivity index (χ2v) is 6.66. The van der Waals surface area contributed by atoms with Crippen LogP contribution in [-0.4, -0.2) is 44.2 Å². The van der Waals surface area contributed by atoms with E-state index in [1.54, 1.807) is 25.1 Å². The first-order chi connectivity index (χ1) is 15.3. The molecule has 1 N–H and O–H groups in total. The fourth-order valence-corrected chi connectivity index (χ4v) is 2.74. The van der Waals surface area contributed by atoms with Gasteiger partial charge in [-0.25, -0.2) is 4.79 Å². The van der Waals surface area contributed by atoms with Gasteiger partial charge in [0, 0.05) is 11.3 Å². The molecular formula is C20H17ClF2N2O7. The predicted octanol–water partition coefficient (Wildman–Crippen LogP) is 3.59. The number of fused-ring (bicyclic) bond motifs is 1. The Bertz CT molecular complexity index is 1030. The Labute approximate surface area is 185 Å². The Morgan fingerprint density at radius 1 is 1.16 bits per heavy atom. The molecular weight excluding hydrogens is 454 g/mol. The maximum atomic E-state index is 12.2. The lowest BCUT2D eigenvalue weighted by Gasteiger charge is -2.10. The monoisotopic (exact) mass is 470 g/mol. The second kappa shape index (κ2) is 10.6. The molecule has 0 bridgehead atoms. The molecule has 0 radical (unpaired) electrons. The van der Waals surface area contributed by atoms with Crippen LogP contribution in [0.5, 0.6) is 17.2 Å². The van der Waals surface area contributed by atoms with E-state index in [1.165, 1.54) is 18.2 Å². The molecule has 0 aromatic heterocycles. The lowest BCUT2D eigenvalue weighted by molar-refractivity contribution is -0.151. The first-order valence-corrected chi connectivity index (χ1v) is 9.46. The van der Waals surface area contributed by atoms with Gasteiger partial charge in [0.25, 0.3) is 5.91 Å². The zero-order chi connectivity index (χ0) is 23.1. The highest BCUT2D eigenvalue weighted by Crippen LogP contribution is 2.32. The molecule has 9 nitrogen and oxygen atoms in total. The van der Waals surface area contributed by atoms with Crippen LogP contribution in [0.15, 0.2) is 41.6 Å². The smallest absolute Gasteiger partial charge is 0.387 e. The fraction of sp³-hybridized carbons (Fsp3) is 0.250. The van der Waals surface area contributed by atoms with Crippen molar-refractivity contribution in [3.63, 3.8) is 0 Å². The van der Waals surface area contributed by atoms with E-state index in [1.807, 2.05) is 0 Å².